The Morgan fingerprint density at radius 2 is 1.74 bits per heavy atom. The van der Waals surface area contributed by atoms with E-state index in [4.69, 9.17) is 4.74 Å². The van der Waals surface area contributed by atoms with Gasteiger partial charge in [0.1, 0.15) is 11.4 Å². The van der Waals surface area contributed by atoms with Crippen molar-refractivity contribution < 1.29 is 17.9 Å². The first-order chi connectivity index (χ1) is 12.7. The first-order valence-electron chi connectivity index (χ1n) is 9.11. The number of hydrogen-bond donors (Lipinski definition) is 0. The molecule has 6 heteroatoms. The Labute approximate surface area is 160 Å². The van der Waals surface area contributed by atoms with Gasteiger partial charge in [-0.25, -0.2) is 8.42 Å². The molecule has 0 saturated carbocycles. The maximum absolute atomic E-state index is 13.3. The highest BCUT2D eigenvalue weighted by Gasteiger charge is 2.49. The predicted molar refractivity (Wildman–Crippen MR) is 103 cm³/mol. The third kappa shape index (κ3) is 2.97. The van der Waals surface area contributed by atoms with Crippen molar-refractivity contribution in [1.82, 2.24) is 4.31 Å². The maximum atomic E-state index is 13.3. The molecule has 0 aliphatic carbocycles. The number of rotatable bonds is 2. The topological polar surface area (TPSA) is 63.7 Å². The summed E-state index contributed by atoms with van der Waals surface area (Å²) in [6.07, 6.45) is 0.720. The highest BCUT2D eigenvalue weighted by molar-refractivity contribution is 7.89. The summed E-state index contributed by atoms with van der Waals surface area (Å²) in [7, 11) is -3.64. The Morgan fingerprint density at radius 1 is 1.07 bits per heavy atom. The minimum Gasteiger partial charge on any atom is -0.485 e. The van der Waals surface area contributed by atoms with Crippen LogP contribution in [0.5, 0.6) is 5.75 Å². The number of ether oxygens (including phenoxy) is 1. The van der Waals surface area contributed by atoms with Crippen LogP contribution in [-0.2, 0) is 10.0 Å². The van der Waals surface area contributed by atoms with Gasteiger partial charge in [-0.15, -0.1) is 0 Å². The molecule has 2 aromatic rings. The maximum Gasteiger partial charge on any atom is 0.243 e. The van der Waals surface area contributed by atoms with E-state index >= 15 is 0 Å². The average molecular weight is 385 g/mol. The third-order valence-electron chi connectivity index (χ3n) is 5.48. The summed E-state index contributed by atoms with van der Waals surface area (Å²) in [6, 6.07) is 11.0. The number of aryl methyl sites for hydroxylation is 3. The van der Waals surface area contributed by atoms with Crippen molar-refractivity contribution in [2.45, 2.75) is 44.1 Å². The molecule has 5 nitrogen and oxygen atoms in total. The van der Waals surface area contributed by atoms with Crippen LogP contribution in [0.25, 0.3) is 0 Å². The van der Waals surface area contributed by atoms with Gasteiger partial charge in [-0.2, -0.15) is 4.31 Å². The molecule has 1 saturated heterocycles. The molecule has 1 unspecified atom stereocenters. The summed E-state index contributed by atoms with van der Waals surface area (Å²) in [4.78, 5) is 12.9. The van der Waals surface area contributed by atoms with Crippen LogP contribution < -0.4 is 4.74 Å². The number of ketones is 1. The van der Waals surface area contributed by atoms with Crippen molar-refractivity contribution in [3.63, 3.8) is 0 Å². The van der Waals surface area contributed by atoms with Gasteiger partial charge in [-0.3, -0.25) is 4.79 Å². The van der Waals surface area contributed by atoms with Gasteiger partial charge in [-0.1, -0.05) is 29.8 Å². The number of carbonyl (C=O) groups excluding carboxylic acids is 1. The molecule has 4 rings (SSSR count). The zero-order chi connectivity index (χ0) is 19.4. The van der Waals surface area contributed by atoms with E-state index in [0.717, 1.165) is 16.7 Å². The Bertz CT molecular complexity index is 1020. The minimum absolute atomic E-state index is 0.0128. The smallest absolute Gasteiger partial charge is 0.243 e. The van der Waals surface area contributed by atoms with Crippen LogP contribution in [0, 0.1) is 20.8 Å². The largest absolute Gasteiger partial charge is 0.485 e. The highest BCUT2D eigenvalue weighted by atomic mass is 32.2. The van der Waals surface area contributed by atoms with Crippen LogP contribution in [0.4, 0.5) is 0 Å². The van der Waals surface area contributed by atoms with E-state index in [2.05, 4.69) is 0 Å². The summed E-state index contributed by atoms with van der Waals surface area (Å²) in [5, 5.41) is 0. The molecule has 0 aromatic heterocycles. The molecule has 1 atom stereocenters. The molecule has 1 fully saturated rings. The van der Waals surface area contributed by atoms with Gasteiger partial charge in [-0.05, 0) is 44.0 Å². The van der Waals surface area contributed by atoms with E-state index in [-0.39, 0.29) is 18.7 Å². The lowest BCUT2D eigenvalue weighted by atomic mass is 9.89. The summed E-state index contributed by atoms with van der Waals surface area (Å²) < 4.78 is 34.3. The number of para-hydroxylation sites is 1. The third-order valence-corrected chi connectivity index (χ3v) is 7.63. The molecule has 0 N–H and O–H groups in total. The molecule has 0 radical (unpaired) electrons. The SMILES string of the molecule is Cc1cc(C)c(S(=O)(=O)N2CCC3(CC(=O)c4ccccc4O3)C2)c(C)c1. The zero-order valence-electron chi connectivity index (χ0n) is 15.8. The molecule has 27 heavy (non-hydrogen) atoms. The first kappa shape index (κ1) is 18.2. The van der Waals surface area contributed by atoms with Crippen LogP contribution >= 0.6 is 0 Å². The molecular weight excluding hydrogens is 362 g/mol. The quantitative estimate of drug-likeness (QED) is 0.795. The van der Waals surface area contributed by atoms with Gasteiger partial charge in [0.2, 0.25) is 10.0 Å². The average Bonchev–Trinajstić information content (AvgIpc) is 2.97. The van der Waals surface area contributed by atoms with Gasteiger partial charge in [0, 0.05) is 13.0 Å². The Balaban J connectivity index is 1.67. The van der Waals surface area contributed by atoms with Gasteiger partial charge < -0.3 is 4.74 Å². The summed E-state index contributed by atoms with van der Waals surface area (Å²) in [5.41, 5.74) is 2.35. The molecule has 2 aliphatic heterocycles. The van der Waals surface area contributed by atoms with Crippen LogP contribution in [0.1, 0.15) is 39.9 Å². The highest BCUT2D eigenvalue weighted by Crippen LogP contribution is 2.40. The molecule has 2 heterocycles. The van der Waals surface area contributed by atoms with Crippen molar-refractivity contribution in [3.05, 3.63) is 58.7 Å². The van der Waals surface area contributed by atoms with Crippen molar-refractivity contribution >= 4 is 15.8 Å². The van der Waals surface area contributed by atoms with Crippen molar-refractivity contribution in [2.24, 2.45) is 0 Å². The molecule has 1 spiro atoms. The van der Waals surface area contributed by atoms with Crippen molar-refractivity contribution in [2.75, 3.05) is 13.1 Å². The number of hydrogen-bond acceptors (Lipinski definition) is 4. The van der Waals surface area contributed by atoms with E-state index in [9.17, 15) is 13.2 Å². The minimum atomic E-state index is -3.64. The Hall–Kier alpha value is -2.18. The Kier molecular flexibility index (Phi) is 4.16. The van der Waals surface area contributed by atoms with E-state index in [1.165, 1.54) is 4.31 Å². The number of fused-ring (bicyclic) bond motifs is 1. The summed E-state index contributed by atoms with van der Waals surface area (Å²) >= 11 is 0. The summed E-state index contributed by atoms with van der Waals surface area (Å²) in [5.74, 6) is 0.564. The van der Waals surface area contributed by atoms with Gasteiger partial charge >= 0.3 is 0 Å². The zero-order valence-corrected chi connectivity index (χ0v) is 16.6. The van der Waals surface area contributed by atoms with Gasteiger partial charge in [0.15, 0.2) is 5.78 Å². The normalized spacial score (nSPS) is 22.7. The van der Waals surface area contributed by atoms with E-state index < -0.39 is 15.6 Å². The molecule has 0 amide bonds. The second-order valence-electron chi connectivity index (χ2n) is 7.70. The molecule has 2 aromatic carbocycles. The van der Waals surface area contributed by atoms with E-state index in [0.29, 0.717) is 29.2 Å². The van der Waals surface area contributed by atoms with Crippen LogP contribution in [0.15, 0.2) is 41.3 Å². The molecule has 0 bridgehead atoms. The lowest BCUT2D eigenvalue weighted by Gasteiger charge is -2.34. The van der Waals surface area contributed by atoms with E-state index in [1.54, 1.807) is 12.1 Å². The fourth-order valence-electron chi connectivity index (χ4n) is 4.39. The molecule has 142 valence electrons. The predicted octanol–water partition coefficient (Wildman–Crippen LogP) is 3.41. The van der Waals surface area contributed by atoms with Crippen LogP contribution in [-0.4, -0.2) is 37.2 Å². The standard InChI is InChI=1S/C21H23NO4S/c1-14-10-15(2)20(16(3)11-14)27(24,25)22-9-8-21(13-22)12-18(23)17-6-4-5-7-19(17)26-21/h4-7,10-11H,8-9,12-13H2,1-3H3. The molecule has 2 aliphatic rings. The van der Waals surface area contributed by atoms with Gasteiger partial charge in [0.05, 0.1) is 23.4 Å². The fraction of sp³-hybridized carbons (Fsp3) is 0.381. The fourth-order valence-corrected chi connectivity index (χ4v) is 6.31. The number of sulfonamides is 1. The van der Waals surface area contributed by atoms with Gasteiger partial charge in [0.25, 0.3) is 0 Å². The second-order valence-corrected chi connectivity index (χ2v) is 9.57. The Morgan fingerprint density at radius 3 is 2.44 bits per heavy atom. The number of Topliss-reactive ketones (excluding diaryl/α,β-unsaturated/α-hetero) is 1. The van der Waals surface area contributed by atoms with Crippen LogP contribution in [0.2, 0.25) is 0 Å². The van der Waals surface area contributed by atoms with Crippen molar-refractivity contribution in [3.8, 4) is 5.75 Å². The lowest BCUT2D eigenvalue weighted by Crippen LogP contribution is -2.45. The van der Waals surface area contributed by atoms with Crippen molar-refractivity contribution in [1.29, 1.82) is 0 Å². The van der Waals surface area contributed by atoms with E-state index in [1.807, 2.05) is 45.0 Å². The second kappa shape index (κ2) is 6.17. The number of carbonyl (C=O) groups is 1. The number of nitrogens with zero attached hydrogens (tertiary/aromatic N) is 1. The van der Waals surface area contributed by atoms with Crippen LogP contribution in [0.3, 0.4) is 0 Å². The lowest BCUT2D eigenvalue weighted by molar-refractivity contribution is 0.0498. The summed E-state index contributed by atoms with van der Waals surface area (Å²) in [6.45, 7) is 6.16. The number of benzene rings is 2. The molecular formula is C21H23NO4S. The monoisotopic (exact) mass is 385 g/mol. The first-order valence-corrected chi connectivity index (χ1v) is 10.6.